The summed E-state index contributed by atoms with van der Waals surface area (Å²) < 4.78 is 7.08. The summed E-state index contributed by atoms with van der Waals surface area (Å²) >= 11 is 0. The van der Waals surface area contributed by atoms with Crippen LogP contribution in [0.1, 0.15) is 15.9 Å². The highest BCUT2D eigenvalue weighted by Crippen LogP contribution is 2.22. The number of carboxylic acids is 1. The number of nitrogens with zero attached hydrogens (tertiary/aromatic N) is 3. The largest absolute Gasteiger partial charge is 0.478 e. The summed E-state index contributed by atoms with van der Waals surface area (Å²) in [7, 11) is 1.78. The van der Waals surface area contributed by atoms with Gasteiger partial charge >= 0.3 is 5.97 Å². The highest BCUT2D eigenvalue weighted by molar-refractivity contribution is 5.87. The minimum absolute atomic E-state index is 0.140. The molecule has 0 aliphatic rings. The van der Waals surface area contributed by atoms with Gasteiger partial charge < -0.3 is 9.84 Å². The molecule has 0 fully saturated rings. The number of rotatable bonds is 3. The predicted octanol–water partition coefficient (Wildman–Crippen LogP) is 1.61. The molecule has 6 heteroatoms. The van der Waals surface area contributed by atoms with Gasteiger partial charge in [0.05, 0.1) is 18.0 Å². The maximum Gasteiger partial charge on any atom is 0.337 e. The maximum atomic E-state index is 10.7. The van der Waals surface area contributed by atoms with Crippen LogP contribution in [0.4, 0.5) is 0 Å². The lowest BCUT2D eigenvalue weighted by molar-refractivity contribution is 0.0696. The molecule has 2 rings (SSSR count). The highest BCUT2D eigenvalue weighted by atomic mass is 16.5. The van der Waals surface area contributed by atoms with E-state index in [4.69, 9.17) is 9.84 Å². The Morgan fingerprint density at radius 1 is 1.47 bits per heavy atom. The number of aromatic nitrogens is 3. The molecular weight excluding hydrogens is 222 g/mol. The molecule has 0 unspecified atom stereocenters. The Bertz CT molecular complexity index is 563. The number of carbonyl (C=O) groups is 1. The van der Waals surface area contributed by atoms with Crippen LogP contribution in [0.25, 0.3) is 0 Å². The summed E-state index contributed by atoms with van der Waals surface area (Å²) in [6.45, 7) is 1.74. The van der Waals surface area contributed by atoms with Gasteiger partial charge in [0, 0.05) is 18.8 Å². The zero-order chi connectivity index (χ0) is 12.4. The summed E-state index contributed by atoms with van der Waals surface area (Å²) in [6, 6.07) is 1.51. The molecule has 0 bridgehead atoms. The molecule has 0 atom stereocenters. The second kappa shape index (κ2) is 4.25. The molecule has 0 radical (unpaired) electrons. The first-order valence-electron chi connectivity index (χ1n) is 4.92. The van der Waals surface area contributed by atoms with E-state index in [1.54, 1.807) is 31.0 Å². The maximum absolute atomic E-state index is 10.7. The minimum atomic E-state index is -1.01. The normalized spacial score (nSPS) is 10.2. The van der Waals surface area contributed by atoms with Crippen molar-refractivity contribution in [2.45, 2.75) is 6.92 Å². The van der Waals surface area contributed by atoms with Gasteiger partial charge in [-0.2, -0.15) is 5.10 Å². The number of hydrogen-bond acceptors (Lipinski definition) is 4. The SMILES string of the molecule is Cc1cc(C(=O)O)cnc1Oc1cnn(C)c1. The number of aromatic carboxylic acids is 1. The van der Waals surface area contributed by atoms with Crippen LogP contribution in [0, 0.1) is 6.92 Å². The lowest BCUT2D eigenvalue weighted by Crippen LogP contribution is -1.99. The third-order valence-corrected chi connectivity index (χ3v) is 2.17. The molecular formula is C11H11N3O3. The Hall–Kier alpha value is -2.37. The molecule has 88 valence electrons. The average molecular weight is 233 g/mol. The van der Waals surface area contributed by atoms with Crippen LogP contribution in [-0.2, 0) is 7.05 Å². The van der Waals surface area contributed by atoms with Gasteiger partial charge in [0.15, 0.2) is 5.75 Å². The van der Waals surface area contributed by atoms with E-state index in [1.165, 1.54) is 12.3 Å². The fourth-order valence-electron chi connectivity index (χ4n) is 1.35. The molecule has 2 aromatic rings. The topological polar surface area (TPSA) is 77.2 Å². The van der Waals surface area contributed by atoms with Crippen LogP contribution >= 0.6 is 0 Å². The highest BCUT2D eigenvalue weighted by Gasteiger charge is 2.09. The second-order valence-electron chi connectivity index (χ2n) is 3.60. The Morgan fingerprint density at radius 2 is 2.24 bits per heavy atom. The van der Waals surface area contributed by atoms with Gasteiger partial charge in [-0.3, -0.25) is 4.68 Å². The van der Waals surface area contributed by atoms with Crippen LogP contribution in [0.5, 0.6) is 11.6 Å². The van der Waals surface area contributed by atoms with E-state index in [2.05, 4.69) is 10.1 Å². The van der Waals surface area contributed by atoms with E-state index in [1.807, 2.05) is 0 Å². The van der Waals surface area contributed by atoms with Crippen molar-refractivity contribution >= 4 is 5.97 Å². The Morgan fingerprint density at radius 3 is 2.76 bits per heavy atom. The van der Waals surface area contributed by atoms with Gasteiger partial charge in [0.25, 0.3) is 0 Å². The zero-order valence-electron chi connectivity index (χ0n) is 9.41. The standard InChI is InChI=1S/C11H11N3O3/c1-7-3-8(11(15)16)4-12-10(7)17-9-5-13-14(2)6-9/h3-6H,1-2H3,(H,15,16). The van der Waals surface area contributed by atoms with Gasteiger partial charge in [0.1, 0.15) is 0 Å². The predicted molar refractivity (Wildman–Crippen MR) is 59.2 cm³/mol. The van der Waals surface area contributed by atoms with Crippen molar-refractivity contribution in [1.82, 2.24) is 14.8 Å². The fourth-order valence-corrected chi connectivity index (χ4v) is 1.35. The van der Waals surface area contributed by atoms with Crippen molar-refractivity contribution in [1.29, 1.82) is 0 Å². The summed E-state index contributed by atoms with van der Waals surface area (Å²) in [5, 5.41) is 12.8. The van der Waals surface area contributed by atoms with Crippen LogP contribution in [0.2, 0.25) is 0 Å². The van der Waals surface area contributed by atoms with Gasteiger partial charge in [0.2, 0.25) is 5.88 Å². The zero-order valence-corrected chi connectivity index (χ0v) is 9.41. The van der Waals surface area contributed by atoms with Crippen LogP contribution in [0.3, 0.4) is 0 Å². The van der Waals surface area contributed by atoms with E-state index in [0.717, 1.165) is 0 Å². The molecule has 17 heavy (non-hydrogen) atoms. The van der Waals surface area contributed by atoms with Gasteiger partial charge in [-0.25, -0.2) is 9.78 Å². The Balaban J connectivity index is 2.25. The van der Waals surface area contributed by atoms with Crippen molar-refractivity contribution < 1.29 is 14.6 Å². The third kappa shape index (κ3) is 2.41. The quantitative estimate of drug-likeness (QED) is 0.871. The van der Waals surface area contributed by atoms with Crippen LogP contribution in [0.15, 0.2) is 24.7 Å². The lowest BCUT2D eigenvalue weighted by Gasteiger charge is -2.05. The summed E-state index contributed by atoms with van der Waals surface area (Å²) in [5.41, 5.74) is 0.801. The molecule has 0 spiro atoms. The summed E-state index contributed by atoms with van der Waals surface area (Å²) in [6.07, 6.45) is 4.53. The van der Waals surface area contributed by atoms with Crippen molar-refractivity contribution in [3.05, 3.63) is 35.8 Å². The molecule has 0 saturated heterocycles. The Kier molecular flexibility index (Phi) is 2.78. The van der Waals surface area contributed by atoms with Crippen molar-refractivity contribution in [2.75, 3.05) is 0 Å². The molecule has 6 nitrogen and oxygen atoms in total. The molecule has 2 aromatic heterocycles. The van der Waals surface area contributed by atoms with E-state index in [-0.39, 0.29) is 5.56 Å². The summed E-state index contributed by atoms with van der Waals surface area (Å²) in [4.78, 5) is 14.7. The monoisotopic (exact) mass is 233 g/mol. The average Bonchev–Trinajstić information content (AvgIpc) is 2.67. The van der Waals surface area contributed by atoms with Gasteiger partial charge in [-0.1, -0.05) is 0 Å². The first-order valence-corrected chi connectivity index (χ1v) is 4.92. The summed E-state index contributed by atoms with van der Waals surface area (Å²) in [5.74, 6) is -0.0669. The van der Waals surface area contributed by atoms with Crippen LogP contribution < -0.4 is 4.74 Å². The first-order chi connectivity index (χ1) is 8.06. The van der Waals surface area contributed by atoms with Crippen molar-refractivity contribution in [3.8, 4) is 11.6 Å². The van der Waals surface area contributed by atoms with E-state index in [0.29, 0.717) is 17.2 Å². The molecule has 0 aromatic carbocycles. The van der Waals surface area contributed by atoms with Crippen molar-refractivity contribution in [3.63, 3.8) is 0 Å². The number of carboxylic acid groups (broad SMARTS) is 1. The molecule has 0 aliphatic heterocycles. The first kappa shape index (κ1) is 11.1. The second-order valence-corrected chi connectivity index (χ2v) is 3.60. The molecule has 0 aliphatic carbocycles. The Labute approximate surface area is 97.5 Å². The van der Waals surface area contributed by atoms with Crippen molar-refractivity contribution in [2.24, 2.45) is 7.05 Å². The molecule has 2 heterocycles. The molecule has 0 saturated carbocycles. The minimum Gasteiger partial charge on any atom is -0.478 e. The molecule has 1 N–H and O–H groups in total. The lowest BCUT2D eigenvalue weighted by atomic mass is 10.2. The van der Waals surface area contributed by atoms with E-state index in [9.17, 15) is 4.79 Å². The fraction of sp³-hybridized carbons (Fsp3) is 0.182. The third-order valence-electron chi connectivity index (χ3n) is 2.17. The van der Waals surface area contributed by atoms with Gasteiger partial charge in [-0.15, -0.1) is 0 Å². The number of hydrogen-bond donors (Lipinski definition) is 1. The molecule has 0 amide bonds. The van der Waals surface area contributed by atoms with E-state index < -0.39 is 5.97 Å². The van der Waals surface area contributed by atoms with Gasteiger partial charge in [-0.05, 0) is 13.0 Å². The number of ether oxygens (including phenoxy) is 1. The number of aryl methyl sites for hydroxylation is 2. The van der Waals surface area contributed by atoms with E-state index >= 15 is 0 Å². The smallest absolute Gasteiger partial charge is 0.337 e. The number of pyridine rings is 1. The van der Waals surface area contributed by atoms with Crippen LogP contribution in [-0.4, -0.2) is 25.8 Å².